The van der Waals surface area contributed by atoms with Gasteiger partial charge in [0.15, 0.2) is 0 Å². The monoisotopic (exact) mass is 327 g/mol. The molecule has 0 spiro atoms. The number of aromatic hydroxyl groups is 2. The summed E-state index contributed by atoms with van der Waals surface area (Å²) in [4.78, 5) is 0. The molecule has 0 aromatic heterocycles. The zero-order valence-corrected chi connectivity index (χ0v) is 13.8. The van der Waals surface area contributed by atoms with Crippen LogP contribution in [0.5, 0.6) is 11.5 Å². The predicted molar refractivity (Wildman–Crippen MR) is 98.9 cm³/mol. The number of benzene rings is 3. The van der Waals surface area contributed by atoms with Crippen molar-refractivity contribution < 1.29 is 10.2 Å². The van der Waals surface area contributed by atoms with Gasteiger partial charge in [-0.1, -0.05) is 42.0 Å². The third-order valence-corrected chi connectivity index (χ3v) is 4.01. The van der Waals surface area contributed by atoms with Crippen LogP contribution in [0.1, 0.15) is 22.3 Å². The molecule has 0 amide bonds. The van der Waals surface area contributed by atoms with Gasteiger partial charge < -0.3 is 10.2 Å². The smallest absolute Gasteiger partial charge is 0.115 e. The Morgan fingerprint density at radius 2 is 1.08 bits per heavy atom. The lowest BCUT2D eigenvalue weighted by Crippen LogP contribution is -1.94. The highest BCUT2D eigenvalue weighted by molar-refractivity contribution is 6.03. The van der Waals surface area contributed by atoms with Gasteiger partial charge in [-0.3, -0.25) is 0 Å². The van der Waals surface area contributed by atoms with E-state index in [1.54, 1.807) is 48.5 Å². The Balaban J connectivity index is 2.28. The van der Waals surface area contributed by atoms with Crippen LogP contribution >= 0.6 is 0 Å². The number of rotatable bonds is 3. The summed E-state index contributed by atoms with van der Waals surface area (Å²) in [5, 5.41) is 28.9. The Hall–Kier alpha value is -3.51. The quantitative estimate of drug-likeness (QED) is 0.532. The Morgan fingerprint density at radius 3 is 1.52 bits per heavy atom. The van der Waals surface area contributed by atoms with Crippen molar-refractivity contribution in [1.29, 1.82) is 5.26 Å². The van der Waals surface area contributed by atoms with Crippen LogP contribution in [0.4, 0.5) is 0 Å². The Bertz CT molecular complexity index is 897. The van der Waals surface area contributed by atoms with Crippen molar-refractivity contribution in [2.75, 3.05) is 0 Å². The fourth-order valence-electron chi connectivity index (χ4n) is 2.70. The van der Waals surface area contributed by atoms with Gasteiger partial charge in [0.1, 0.15) is 17.6 Å². The third-order valence-electron chi connectivity index (χ3n) is 4.01. The van der Waals surface area contributed by atoms with Gasteiger partial charge in [0.2, 0.25) is 0 Å². The second kappa shape index (κ2) is 6.94. The van der Waals surface area contributed by atoms with E-state index in [9.17, 15) is 15.5 Å². The number of nitrogens with zero attached hydrogens (tertiary/aromatic N) is 1. The number of hydrogen-bond acceptors (Lipinski definition) is 3. The van der Waals surface area contributed by atoms with Crippen molar-refractivity contribution in [3.8, 4) is 17.6 Å². The van der Waals surface area contributed by atoms with Crippen LogP contribution in [-0.2, 0) is 0 Å². The lowest BCUT2D eigenvalue weighted by molar-refractivity contribution is 0.474. The van der Waals surface area contributed by atoms with E-state index in [1.165, 1.54) is 0 Å². The summed E-state index contributed by atoms with van der Waals surface area (Å²) in [6, 6.07) is 23.6. The molecule has 0 aliphatic rings. The van der Waals surface area contributed by atoms with Crippen LogP contribution in [0.25, 0.3) is 11.1 Å². The first-order chi connectivity index (χ1) is 12.1. The van der Waals surface area contributed by atoms with E-state index < -0.39 is 0 Å². The number of nitriles is 1. The summed E-state index contributed by atoms with van der Waals surface area (Å²) >= 11 is 0. The molecule has 25 heavy (non-hydrogen) atoms. The summed E-state index contributed by atoms with van der Waals surface area (Å²) in [5.41, 5.74) is 4.91. The van der Waals surface area contributed by atoms with Crippen molar-refractivity contribution in [1.82, 2.24) is 0 Å². The number of phenols is 2. The minimum Gasteiger partial charge on any atom is -0.508 e. The number of allylic oxidation sites excluding steroid dienone is 1. The van der Waals surface area contributed by atoms with E-state index in [1.807, 2.05) is 31.2 Å². The summed E-state index contributed by atoms with van der Waals surface area (Å²) in [6.07, 6.45) is 0. The van der Waals surface area contributed by atoms with Crippen molar-refractivity contribution in [2.45, 2.75) is 6.92 Å². The summed E-state index contributed by atoms with van der Waals surface area (Å²) in [6.45, 7) is 2.01. The number of hydrogen-bond donors (Lipinski definition) is 2. The molecule has 0 atom stereocenters. The average Bonchev–Trinajstić information content (AvgIpc) is 2.63. The molecule has 0 saturated heterocycles. The first-order valence-corrected chi connectivity index (χ1v) is 7.88. The first-order valence-electron chi connectivity index (χ1n) is 7.88. The fourth-order valence-corrected chi connectivity index (χ4v) is 2.70. The molecule has 0 aliphatic carbocycles. The standard InChI is InChI=1S/C22H17NO2/c1-15-2-4-17(5-3-15)22(18-8-12-20(25)13-9-18)21(14-23)16-6-10-19(24)11-7-16/h2-13,24-25H,1H3/b22-21-. The Morgan fingerprint density at radius 1 is 0.680 bits per heavy atom. The number of phenolic OH excluding ortho intramolecular Hbond substituents is 2. The summed E-state index contributed by atoms with van der Waals surface area (Å²) in [5.74, 6) is 0.331. The van der Waals surface area contributed by atoms with Gasteiger partial charge in [0.25, 0.3) is 0 Å². The molecule has 122 valence electrons. The zero-order valence-electron chi connectivity index (χ0n) is 13.8. The Labute approximate surface area is 146 Å². The number of aryl methyl sites for hydroxylation is 1. The lowest BCUT2D eigenvalue weighted by atomic mass is 9.89. The van der Waals surface area contributed by atoms with Gasteiger partial charge in [-0.05, 0) is 60.0 Å². The molecule has 3 nitrogen and oxygen atoms in total. The van der Waals surface area contributed by atoms with Gasteiger partial charge >= 0.3 is 0 Å². The van der Waals surface area contributed by atoms with E-state index in [4.69, 9.17) is 0 Å². The van der Waals surface area contributed by atoms with E-state index in [0.29, 0.717) is 5.57 Å². The second-order valence-electron chi connectivity index (χ2n) is 5.82. The van der Waals surface area contributed by atoms with Crippen molar-refractivity contribution in [3.63, 3.8) is 0 Å². The van der Waals surface area contributed by atoms with Crippen LogP contribution in [-0.4, -0.2) is 10.2 Å². The molecule has 3 aromatic carbocycles. The molecule has 0 saturated carbocycles. The minimum atomic E-state index is 0.155. The van der Waals surface area contributed by atoms with Gasteiger partial charge in [-0.25, -0.2) is 0 Å². The highest BCUT2D eigenvalue weighted by Gasteiger charge is 2.14. The molecule has 3 rings (SSSR count). The second-order valence-corrected chi connectivity index (χ2v) is 5.82. The molecular formula is C22H17NO2. The van der Waals surface area contributed by atoms with Gasteiger partial charge in [0, 0.05) is 5.57 Å². The normalized spacial score (nSPS) is 11.5. The van der Waals surface area contributed by atoms with Crippen molar-refractivity contribution >= 4 is 11.1 Å². The molecule has 0 bridgehead atoms. The molecule has 2 N–H and O–H groups in total. The first kappa shape index (κ1) is 16.4. The maximum Gasteiger partial charge on any atom is 0.115 e. The average molecular weight is 327 g/mol. The van der Waals surface area contributed by atoms with Crippen LogP contribution in [0.2, 0.25) is 0 Å². The summed E-state index contributed by atoms with van der Waals surface area (Å²) < 4.78 is 0. The van der Waals surface area contributed by atoms with Gasteiger partial charge in [0.05, 0.1) is 5.57 Å². The van der Waals surface area contributed by atoms with Crippen LogP contribution in [0.3, 0.4) is 0 Å². The molecule has 3 heteroatoms. The highest BCUT2D eigenvalue weighted by Crippen LogP contribution is 2.33. The van der Waals surface area contributed by atoms with Gasteiger partial charge in [-0.15, -0.1) is 0 Å². The van der Waals surface area contributed by atoms with E-state index >= 15 is 0 Å². The lowest BCUT2D eigenvalue weighted by Gasteiger charge is -2.13. The van der Waals surface area contributed by atoms with Crippen LogP contribution in [0, 0.1) is 18.3 Å². The molecule has 0 aliphatic heterocycles. The van der Waals surface area contributed by atoms with Gasteiger partial charge in [-0.2, -0.15) is 5.26 Å². The fraction of sp³-hybridized carbons (Fsp3) is 0.0455. The van der Waals surface area contributed by atoms with E-state index in [0.717, 1.165) is 27.8 Å². The zero-order chi connectivity index (χ0) is 17.8. The van der Waals surface area contributed by atoms with Crippen molar-refractivity contribution in [3.05, 3.63) is 95.1 Å². The Kier molecular flexibility index (Phi) is 4.54. The minimum absolute atomic E-state index is 0.155. The van der Waals surface area contributed by atoms with E-state index in [-0.39, 0.29) is 11.5 Å². The maximum atomic E-state index is 9.83. The highest BCUT2D eigenvalue weighted by atomic mass is 16.3. The SMILES string of the molecule is Cc1ccc(/C(=C(\C#N)c2ccc(O)cc2)c2ccc(O)cc2)cc1. The molecule has 0 fully saturated rings. The summed E-state index contributed by atoms with van der Waals surface area (Å²) in [7, 11) is 0. The molecule has 0 heterocycles. The van der Waals surface area contributed by atoms with Crippen LogP contribution < -0.4 is 0 Å². The topological polar surface area (TPSA) is 64.2 Å². The maximum absolute atomic E-state index is 9.83. The molecule has 0 radical (unpaired) electrons. The van der Waals surface area contributed by atoms with E-state index in [2.05, 4.69) is 6.07 Å². The van der Waals surface area contributed by atoms with Crippen LogP contribution in [0.15, 0.2) is 72.8 Å². The predicted octanol–water partition coefficient (Wildman–Crippen LogP) is 4.89. The molecule has 0 unspecified atom stereocenters. The largest absolute Gasteiger partial charge is 0.508 e. The molecular weight excluding hydrogens is 310 g/mol. The molecule has 3 aromatic rings. The van der Waals surface area contributed by atoms with Crippen molar-refractivity contribution in [2.24, 2.45) is 0 Å². The third kappa shape index (κ3) is 3.54.